The van der Waals surface area contributed by atoms with Crippen molar-refractivity contribution in [2.45, 2.75) is 39.5 Å². The van der Waals surface area contributed by atoms with Crippen molar-refractivity contribution in [1.82, 2.24) is 15.5 Å². The van der Waals surface area contributed by atoms with E-state index in [1.807, 2.05) is 0 Å². The van der Waals surface area contributed by atoms with Crippen LogP contribution in [0.15, 0.2) is 4.99 Å². The summed E-state index contributed by atoms with van der Waals surface area (Å²) in [6, 6.07) is 0. The molecular weight excluding hydrogens is 439 g/mol. The van der Waals surface area contributed by atoms with Gasteiger partial charge in [0.2, 0.25) is 0 Å². The SMILES string of the molecule is CCCCC(CC)CNC(=NC)NCCN1CCS(=O)(=O)CC1.I. The van der Waals surface area contributed by atoms with Crippen LogP contribution < -0.4 is 10.6 Å². The molecule has 144 valence electrons. The molecule has 1 aliphatic heterocycles. The van der Waals surface area contributed by atoms with Crippen LogP contribution in [0.2, 0.25) is 0 Å². The van der Waals surface area contributed by atoms with Crippen molar-refractivity contribution in [1.29, 1.82) is 0 Å². The Morgan fingerprint density at radius 3 is 2.42 bits per heavy atom. The number of nitrogens with zero attached hydrogens (tertiary/aromatic N) is 2. The van der Waals surface area contributed by atoms with Crippen molar-refractivity contribution < 1.29 is 8.42 Å². The van der Waals surface area contributed by atoms with Gasteiger partial charge in [-0.2, -0.15) is 0 Å². The summed E-state index contributed by atoms with van der Waals surface area (Å²) in [5, 5.41) is 6.73. The number of hydrogen-bond donors (Lipinski definition) is 2. The lowest BCUT2D eigenvalue weighted by molar-refractivity contribution is 0.299. The maximum absolute atomic E-state index is 11.4. The average Bonchev–Trinajstić information content (AvgIpc) is 2.54. The first-order valence-corrected chi connectivity index (χ1v) is 10.7. The Kier molecular flexibility index (Phi) is 13.1. The number of halogens is 1. The number of aliphatic imine (C=N–C) groups is 1. The Labute approximate surface area is 165 Å². The molecule has 0 radical (unpaired) electrons. The summed E-state index contributed by atoms with van der Waals surface area (Å²) >= 11 is 0. The molecule has 1 unspecified atom stereocenters. The highest BCUT2D eigenvalue weighted by Gasteiger charge is 2.20. The van der Waals surface area contributed by atoms with Gasteiger partial charge in [-0.25, -0.2) is 8.42 Å². The van der Waals surface area contributed by atoms with E-state index in [1.165, 1.54) is 25.7 Å². The van der Waals surface area contributed by atoms with Crippen LogP contribution in [0.1, 0.15) is 39.5 Å². The second kappa shape index (κ2) is 13.2. The second-order valence-electron chi connectivity index (χ2n) is 6.29. The minimum absolute atomic E-state index is 0. The van der Waals surface area contributed by atoms with E-state index in [1.54, 1.807) is 7.05 Å². The van der Waals surface area contributed by atoms with Crippen molar-refractivity contribution in [2.75, 3.05) is 51.3 Å². The lowest BCUT2D eigenvalue weighted by atomic mass is 9.99. The van der Waals surface area contributed by atoms with E-state index in [-0.39, 0.29) is 35.5 Å². The first-order valence-electron chi connectivity index (χ1n) is 8.88. The van der Waals surface area contributed by atoms with Crippen LogP contribution >= 0.6 is 24.0 Å². The van der Waals surface area contributed by atoms with Crippen LogP contribution in [0.25, 0.3) is 0 Å². The van der Waals surface area contributed by atoms with Gasteiger partial charge in [-0.1, -0.05) is 33.1 Å². The molecule has 1 saturated heterocycles. The normalized spacial score (nSPS) is 19.4. The molecule has 1 aliphatic rings. The van der Waals surface area contributed by atoms with Crippen molar-refractivity contribution >= 4 is 39.8 Å². The molecule has 24 heavy (non-hydrogen) atoms. The molecule has 2 N–H and O–H groups in total. The van der Waals surface area contributed by atoms with E-state index in [4.69, 9.17) is 0 Å². The Morgan fingerprint density at radius 1 is 1.21 bits per heavy atom. The Bertz CT molecular complexity index is 443. The Balaban J connectivity index is 0.00000529. The molecule has 1 rings (SSSR count). The zero-order valence-corrected chi connectivity index (χ0v) is 18.5. The zero-order chi connectivity index (χ0) is 17.1. The van der Waals surface area contributed by atoms with Gasteiger partial charge in [0.1, 0.15) is 0 Å². The van der Waals surface area contributed by atoms with Crippen molar-refractivity contribution in [3.8, 4) is 0 Å². The van der Waals surface area contributed by atoms with Gasteiger partial charge in [-0.15, -0.1) is 24.0 Å². The van der Waals surface area contributed by atoms with Gasteiger partial charge >= 0.3 is 0 Å². The number of nitrogens with one attached hydrogen (secondary N) is 2. The Hall–Kier alpha value is -0.0900. The zero-order valence-electron chi connectivity index (χ0n) is 15.4. The summed E-state index contributed by atoms with van der Waals surface area (Å²) in [4.78, 5) is 6.45. The van der Waals surface area contributed by atoms with Crippen molar-refractivity contribution in [2.24, 2.45) is 10.9 Å². The number of sulfone groups is 1. The quantitative estimate of drug-likeness (QED) is 0.303. The third-order valence-corrected chi connectivity index (χ3v) is 6.09. The molecule has 0 aromatic rings. The topological polar surface area (TPSA) is 73.8 Å². The van der Waals surface area contributed by atoms with E-state index >= 15 is 0 Å². The maximum atomic E-state index is 11.4. The van der Waals surface area contributed by atoms with Crippen molar-refractivity contribution in [3.05, 3.63) is 0 Å². The monoisotopic (exact) mass is 474 g/mol. The molecule has 0 saturated carbocycles. The summed E-state index contributed by atoms with van der Waals surface area (Å²) in [5.74, 6) is 2.11. The minimum Gasteiger partial charge on any atom is -0.356 e. The molecule has 6 nitrogen and oxygen atoms in total. The predicted octanol–water partition coefficient (Wildman–Crippen LogP) is 1.72. The molecule has 0 spiro atoms. The molecule has 1 fully saturated rings. The largest absolute Gasteiger partial charge is 0.356 e. The molecule has 0 bridgehead atoms. The molecule has 1 atom stereocenters. The van der Waals surface area contributed by atoms with Gasteiger partial charge in [0, 0.05) is 39.8 Å². The standard InChI is InChI=1S/C16H34N4O2S.HI/c1-4-6-7-15(5-2)14-19-16(17-3)18-8-9-20-10-12-23(21,22)13-11-20;/h15H,4-14H2,1-3H3,(H2,17,18,19);1H. The molecule has 0 aromatic heterocycles. The van der Waals surface area contributed by atoms with E-state index in [2.05, 4.69) is 34.4 Å². The van der Waals surface area contributed by atoms with Gasteiger partial charge in [0.05, 0.1) is 11.5 Å². The van der Waals surface area contributed by atoms with E-state index in [9.17, 15) is 8.42 Å². The summed E-state index contributed by atoms with van der Waals surface area (Å²) in [6.07, 6.45) is 4.98. The summed E-state index contributed by atoms with van der Waals surface area (Å²) in [5.41, 5.74) is 0. The van der Waals surface area contributed by atoms with Crippen molar-refractivity contribution in [3.63, 3.8) is 0 Å². The molecule has 0 aliphatic carbocycles. The van der Waals surface area contributed by atoms with Crippen LogP contribution in [-0.2, 0) is 9.84 Å². The predicted molar refractivity (Wildman–Crippen MR) is 113 cm³/mol. The molecule has 1 heterocycles. The van der Waals surface area contributed by atoms with Crippen LogP contribution in [-0.4, -0.2) is 70.6 Å². The highest BCUT2D eigenvalue weighted by molar-refractivity contribution is 14.0. The van der Waals surface area contributed by atoms with Gasteiger partial charge < -0.3 is 10.6 Å². The number of unbranched alkanes of at least 4 members (excludes halogenated alkanes) is 1. The highest BCUT2D eigenvalue weighted by Crippen LogP contribution is 2.11. The van der Waals surface area contributed by atoms with Crippen LogP contribution in [0.3, 0.4) is 0 Å². The fourth-order valence-corrected chi connectivity index (χ4v) is 3.99. The Morgan fingerprint density at radius 2 is 1.88 bits per heavy atom. The van der Waals surface area contributed by atoms with E-state index in [0.29, 0.717) is 19.0 Å². The highest BCUT2D eigenvalue weighted by atomic mass is 127. The molecule has 0 aromatic carbocycles. The van der Waals surface area contributed by atoms with Crippen LogP contribution in [0.5, 0.6) is 0 Å². The first kappa shape index (κ1) is 23.9. The van der Waals surface area contributed by atoms with Gasteiger partial charge in [0.25, 0.3) is 0 Å². The summed E-state index contributed by atoms with van der Waals surface area (Å²) in [6.45, 7) is 8.35. The third kappa shape index (κ3) is 10.0. The van der Waals surface area contributed by atoms with Gasteiger partial charge in [0.15, 0.2) is 15.8 Å². The maximum Gasteiger partial charge on any atom is 0.191 e. The lowest BCUT2D eigenvalue weighted by Gasteiger charge is -2.26. The average molecular weight is 474 g/mol. The van der Waals surface area contributed by atoms with Crippen LogP contribution in [0, 0.1) is 5.92 Å². The second-order valence-corrected chi connectivity index (χ2v) is 8.59. The number of rotatable bonds is 9. The smallest absolute Gasteiger partial charge is 0.191 e. The van der Waals surface area contributed by atoms with Gasteiger partial charge in [-0.05, 0) is 12.3 Å². The number of hydrogen-bond acceptors (Lipinski definition) is 4. The molecular formula is C16H35IN4O2S. The van der Waals surface area contributed by atoms with E-state index < -0.39 is 9.84 Å². The summed E-state index contributed by atoms with van der Waals surface area (Å²) < 4.78 is 22.8. The fraction of sp³-hybridized carbons (Fsp3) is 0.938. The minimum atomic E-state index is -2.79. The molecule has 8 heteroatoms. The number of guanidine groups is 1. The van der Waals surface area contributed by atoms with Crippen LogP contribution in [0.4, 0.5) is 0 Å². The third-order valence-electron chi connectivity index (χ3n) is 4.48. The van der Waals surface area contributed by atoms with Gasteiger partial charge in [-0.3, -0.25) is 9.89 Å². The van der Waals surface area contributed by atoms with E-state index in [0.717, 1.165) is 25.6 Å². The fourth-order valence-electron chi connectivity index (χ4n) is 2.71. The summed E-state index contributed by atoms with van der Waals surface area (Å²) in [7, 11) is -1.00. The lowest BCUT2D eigenvalue weighted by Crippen LogP contribution is -2.46. The first-order chi connectivity index (χ1) is 11.0. The molecule has 0 amide bonds.